The van der Waals surface area contributed by atoms with E-state index in [0.29, 0.717) is 5.92 Å². The summed E-state index contributed by atoms with van der Waals surface area (Å²) in [5.41, 5.74) is 4.25. The summed E-state index contributed by atoms with van der Waals surface area (Å²) in [4.78, 5) is 0. The monoisotopic (exact) mass is 221 g/mol. The van der Waals surface area contributed by atoms with Crippen LogP contribution in [0.1, 0.15) is 49.1 Å². The van der Waals surface area contributed by atoms with Crippen LogP contribution in [0.3, 0.4) is 0 Å². The quantitative estimate of drug-likeness (QED) is 0.847. The second kappa shape index (κ2) is 5.00. The number of hydrogen-bond acceptors (Lipinski definition) is 2. The predicted molar refractivity (Wildman–Crippen MR) is 66.8 cm³/mol. The summed E-state index contributed by atoms with van der Waals surface area (Å²) < 4.78 is 2.06. The smallest absolute Gasteiger partial charge is 0.0691 e. The van der Waals surface area contributed by atoms with Crippen molar-refractivity contribution in [2.45, 2.75) is 45.4 Å². The zero-order valence-electron chi connectivity index (χ0n) is 10.7. The van der Waals surface area contributed by atoms with Crippen molar-refractivity contribution < 1.29 is 0 Å². The van der Waals surface area contributed by atoms with Crippen LogP contribution < -0.4 is 5.32 Å². The first-order valence-corrected chi connectivity index (χ1v) is 6.47. The van der Waals surface area contributed by atoms with Crippen LogP contribution in [0, 0.1) is 6.92 Å². The molecule has 1 fully saturated rings. The molecule has 3 nitrogen and oxygen atoms in total. The van der Waals surface area contributed by atoms with Crippen LogP contribution in [0.4, 0.5) is 0 Å². The van der Waals surface area contributed by atoms with E-state index in [9.17, 15) is 0 Å². The molecule has 0 atom stereocenters. The Labute approximate surface area is 98.2 Å². The molecule has 0 aliphatic carbocycles. The van der Waals surface area contributed by atoms with Gasteiger partial charge in [0.25, 0.3) is 0 Å². The lowest BCUT2D eigenvalue weighted by Gasteiger charge is -2.22. The first-order chi connectivity index (χ1) is 7.74. The second-order valence-corrected chi connectivity index (χ2v) is 4.85. The van der Waals surface area contributed by atoms with Crippen LogP contribution in [0.25, 0.3) is 0 Å². The standard InChI is InChI=1S/C13H23N3/c1-4-5-12-10(2)16(3)15-13(12)11-6-8-14-9-7-11/h11,14H,4-9H2,1-3H3. The average molecular weight is 221 g/mol. The van der Waals surface area contributed by atoms with Crippen molar-refractivity contribution >= 4 is 0 Å². The Kier molecular flexibility index (Phi) is 3.64. The molecule has 90 valence electrons. The lowest BCUT2D eigenvalue weighted by molar-refractivity contribution is 0.448. The highest BCUT2D eigenvalue weighted by molar-refractivity contribution is 5.29. The highest BCUT2D eigenvalue weighted by Crippen LogP contribution is 2.29. The topological polar surface area (TPSA) is 29.9 Å². The van der Waals surface area contributed by atoms with Gasteiger partial charge in [-0.2, -0.15) is 5.10 Å². The lowest BCUT2D eigenvalue weighted by atomic mass is 9.90. The third kappa shape index (κ3) is 2.14. The molecule has 0 radical (unpaired) electrons. The number of aromatic nitrogens is 2. The fourth-order valence-corrected chi connectivity index (χ4v) is 2.66. The van der Waals surface area contributed by atoms with E-state index in [4.69, 9.17) is 5.10 Å². The van der Waals surface area contributed by atoms with Crippen LogP contribution in [0.2, 0.25) is 0 Å². The van der Waals surface area contributed by atoms with Gasteiger partial charge in [-0.1, -0.05) is 13.3 Å². The first-order valence-electron chi connectivity index (χ1n) is 6.47. The molecule has 1 aliphatic rings. The Morgan fingerprint density at radius 1 is 1.38 bits per heavy atom. The van der Waals surface area contributed by atoms with Crippen LogP contribution in [-0.2, 0) is 13.5 Å². The number of rotatable bonds is 3. The molecule has 1 N–H and O–H groups in total. The third-order valence-electron chi connectivity index (χ3n) is 3.71. The lowest BCUT2D eigenvalue weighted by Crippen LogP contribution is -2.27. The largest absolute Gasteiger partial charge is 0.317 e. The van der Waals surface area contributed by atoms with Crippen LogP contribution in [0.5, 0.6) is 0 Å². The minimum absolute atomic E-state index is 0.683. The highest BCUT2D eigenvalue weighted by Gasteiger charge is 2.22. The minimum atomic E-state index is 0.683. The van der Waals surface area contributed by atoms with Crippen molar-refractivity contribution in [1.82, 2.24) is 15.1 Å². The number of aryl methyl sites for hydroxylation is 1. The van der Waals surface area contributed by atoms with Crippen LogP contribution in [0.15, 0.2) is 0 Å². The van der Waals surface area contributed by atoms with Gasteiger partial charge in [-0.05, 0) is 44.8 Å². The summed E-state index contributed by atoms with van der Waals surface area (Å²) >= 11 is 0. The molecule has 0 spiro atoms. The maximum atomic E-state index is 4.74. The molecule has 0 saturated carbocycles. The van der Waals surface area contributed by atoms with Crippen LogP contribution >= 0.6 is 0 Å². The van der Waals surface area contributed by atoms with Gasteiger partial charge in [0.15, 0.2) is 0 Å². The Morgan fingerprint density at radius 3 is 2.69 bits per heavy atom. The molecule has 16 heavy (non-hydrogen) atoms. The van der Waals surface area contributed by atoms with Gasteiger partial charge in [-0.3, -0.25) is 4.68 Å². The summed E-state index contributed by atoms with van der Waals surface area (Å²) in [6.07, 6.45) is 4.88. The van der Waals surface area contributed by atoms with Crippen molar-refractivity contribution in [3.63, 3.8) is 0 Å². The summed E-state index contributed by atoms with van der Waals surface area (Å²) in [6, 6.07) is 0. The third-order valence-corrected chi connectivity index (χ3v) is 3.71. The van der Waals surface area contributed by atoms with E-state index in [1.165, 1.54) is 42.6 Å². The fraction of sp³-hybridized carbons (Fsp3) is 0.769. The Bertz CT molecular complexity index is 348. The zero-order valence-corrected chi connectivity index (χ0v) is 10.7. The summed E-state index contributed by atoms with van der Waals surface area (Å²) in [6.45, 7) is 6.74. The maximum absolute atomic E-state index is 4.74. The molecule has 1 aliphatic heterocycles. The van der Waals surface area contributed by atoms with E-state index in [1.807, 2.05) is 0 Å². The van der Waals surface area contributed by atoms with Gasteiger partial charge < -0.3 is 5.32 Å². The highest BCUT2D eigenvalue weighted by atomic mass is 15.3. The average Bonchev–Trinajstić information content (AvgIpc) is 2.59. The van der Waals surface area contributed by atoms with Crippen molar-refractivity contribution in [3.05, 3.63) is 17.0 Å². The Hall–Kier alpha value is -0.830. The van der Waals surface area contributed by atoms with Gasteiger partial charge in [-0.25, -0.2) is 0 Å². The summed E-state index contributed by atoms with van der Waals surface area (Å²) in [7, 11) is 2.07. The Balaban J connectivity index is 2.27. The number of nitrogens with one attached hydrogen (secondary N) is 1. The zero-order chi connectivity index (χ0) is 11.5. The summed E-state index contributed by atoms with van der Waals surface area (Å²) in [5, 5.41) is 8.16. The second-order valence-electron chi connectivity index (χ2n) is 4.85. The summed E-state index contributed by atoms with van der Waals surface area (Å²) in [5.74, 6) is 0.683. The molecular formula is C13H23N3. The van der Waals surface area contributed by atoms with Crippen molar-refractivity contribution in [2.75, 3.05) is 13.1 Å². The van der Waals surface area contributed by atoms with E-state index in [-0.39, 0.29) is 0 Å². The van der Waals surface area contributed by atoms with Gasteiger partial charge >= 0.3 is 0 Å². The molecular weight excluding hydrogens is 198 g/mol. The molecule has 0 unspecified atom stereocenters. The van der Waals surface area contributed by atoms with E-state index < -0.39 is 0 Å². The van der Waals surface area contributed by atoms with Crippen molar-refractivity contribution in [3.8, 4) is 0 Å². The van der Waals surface area contributed by atoms with E-state index in [0.717, 1.165) is 13.1 Å². The molecule has 0 amide bonds. The van der Waals surface area contributed by atoms with E-state index in [2.05, 4.69) is 30.9 Å². The maximum Gasteiger partial charge on any atom is 0.0691 e. The molecule has 1 aromatic rings. The molecule has 2 rings (SSSR count). The van der Waals surface area contributed by atoms with Crippen molar-refractivity contribution in [2.24, 2.45) is 7.05 Å². The number of hydrogen-bond donors (Lipinski definition) is 1. The molecule has 2 heterocycles. The van der Waals surface area contributed by atoms with Gasteiger partial charge in [-0.15, -0.1) is 0 Å². The Morgan fingerprint density at radius 2 is 2.06 bits per heavy atom. The van der Waals surface area contributed by atoms with Crippen LogP contribution in [-0.4, -0.2) is 22.9 Å². The normalized spacial score (nSPS) is 17.9. The minimum Gasteiger partial charge on any atom is -0.317 e. The molecule has 0 aromatic carbocycles. The molecule has 3 heteroatoms. The predicted octanol–water partition coefficient (Wildman–Crippen LogP) is 2.15. The number of piperidine rings is 1. The molecule has 1 aromatic heterocycles. The van der Waals surface area contributed by atoms with Crippen molar-refractivity contribution in [1.29, 1.82) is 0 Å². The van der Waals surface area contributed by atoms with Gasteiger partial charge in [0.2, 0.25) is 0 Å². The van der Waals surface area contributed by atoms with E-state index in [1.54, 1.807) is 0 Å². The molecule has 0 bridgehead atoms. The first kappa shape index (κ1) is 11.6. The van der Waals surface area contributed by atoms with E-state index >= 15 is 0 Å². The van der Waals surface area contributed by atoms with Gasteiger partial charge in [0, 0.05) is 18.7 Å². The van der Waals surface area contributed by atoms with Gasteiger partial charge in [0.05, 0.1) is 5.69 Å². The SMILES string of the molecule is CCCc1c(C2CCNCC2)nn(C)c1C. The van der Waals surface area contributed by atoms with Gasteiger partial charge in [0.1, 0.15) is 0 Å². The molecule has 1 saturated heterocycles. The fourth-order valence-electron chi connectivity index (χ4n) is 2.66. The number of nitrogens with zero attached hydrogens (tertiary/aromatic N) is 2.